The van der Waals surface area contributed by atoms with Gasteiger partial charge < -0.3 is 0 Å². The van der Waals surface area contributed by atoms with Crippen LogP contribution in [0.5, 0.6) is 0 Å². The normalized spacial score (nSPS) is 20.9. The first-order valence-electron chi connectivity index (χ1n) is 15.2. The Hall–Kier alpha value is 0. The molecule has 0 nitrogen and oxygen atoms in total. The molecular formula is C31H74. The van der Waals surface area contributed by atoms with Crippen LogP contribution >= 0.6 is 0 Å². The summed E-state index contributed by atoms with van der Waals surface area (Å²) in [7, 11) is 0. The molecule has 2 unspecified atom stereocenters. The van der Waals surface area contributed by atoms with Crippen molar-refractivity contribution in [1.29, 1.82) is 0 Å². The van der Waals surface area contributed by atoms with Crippen LogP contribution in [-0.4, -0.2) is 0 Å². The lowest BCUT2D eigenvalue weighted by Gasteiger charge is -2.28. The molecule has 3 fully saturated rings. The summed E-state index contributed by atoms with van der Waals surface area (Å²) in [5.41, 5.74) is 0.679. The Labute approximate surface area is 205 Å². The van der Waals surface area contributed by atoms with E-state index in [1.807, 2.05) is 96.9 Å². The van der Waals surface area contributed by atoms with Crippen LogP contribution in [0.2, 0.25) is 0 Å². The highest BCUT2D eigenvalue weighted by atomic mass is 14.3. The second kappa shape index (κ2) is 43.8. The molecule has 0 aromatic heterocycles. The van der Waals surface area contributed by atoms with Crippen LogP contribution in [0, 0.1) is 17.3 Å². The summed E-state index contributed by atoms with van der Waals surface area (Å²) in [5.74, 6) is 2.33. The van der Waals surface area contributed by atoms with Gasteiger partial charge in [0, 0.05) is 0 Å². The van der Waals surface area contributed by atoms with Crippen LogP contribution in [-0.2, 0) is 0 Å². The van der Waals surface area contributed by atoms with Gasteiger partial charge in [-0.1, -0.05) is 175 Å². The highest BCUT2D eigenvalue weighted by molar-refractivity contribution is 4.80. The molecule has 0 bridgehead atoms. The van der Waals surface area contributed by atoms with Crippen molar-refractivity contribution in [2.45, 2.75) is 188 Å². The maximum absolute atomic E-state index is 2.38. The van der Waals surface area contributed by atoms with Gasteiger partial charge in [0.15, 0.2) is 0 Å². The summed E-state index contributed by atoms with van der Waals surface area (Å²) in [6.07, 6.45) is 18.1. The minimum absolute atomic E-state index is 0.679. The molecular weight excluding hydrogens is 372 g/mol. The Balaban J connectivity index is -0.0000000652. The van der Waals surface area contributed by atoms with Gasteiger partial charge in [0.05, 0.1) is 0 Å². The molecule has 0 amide bonds. The molecule has 0 aliphatic heterocycles. The van der Waals surface area contributed by atoms with E-state index in [1.165, 1.54) is 63.2 Å². The third-order valence-corrected chi connectivity index (χ3v) is 5.42. The predicted molar refractivity (Wildman–Crippen MR) is 156 cm³/mol. The topological polar surface area (TPSA) is 0 Å². The van der Waals surface area contributed by atoms with Gasteiger partial charge in [-0.05, 0) is 30.1 Å². The minimum Gasteiger partial charge on any atom is -0.0683 e. The number of hydrogen-bond acceptors (Lipinski definition) is 0. The Bertz CT molecular complexity index is 196. The van der Waals surface area contributed by atoms with Crippen molar-refractivity contribution in [3.8, 4) is 0 Å². The summed E-state index contributed by atoms with van der Waals surface area (Å²) in [6.45, 7) is 32.8. The molecule has 198 valence electrons. The first-order chi connectivity index (χ1) is 15.2. The molecule has 0 radical (unpaired) electrons. The molecule has 31 heavy (non-hydrogen) atoms. The first-order valence-corrected chi connectivity index (χ1v) is 15.2. The van der Waals surface area contributed by atoms with E-state index < -0.39 is 0 Å². The second-order valence-electron chi connectivity index (χ2n) is 7.46. The van der Waals surface area contributed by atoms with E-state index in [1.54, 1.807) is 25.7 Å². The Morgan fingerprint density at radius 3 is 0.839 bits per heavy atom. The van der Waals surface area contributed by atoms with Gasteiger partial charge >= 0.3 is 0 Å². The van der Waals surface area contributed by atoms with Crippen LogP contribution in [0.15, 0.2) is 0 Å². The number of fused-ring (bicyclic) bond motifs is 1. The number of rotatable bonds is 0. The summed E-state index contributed by atoms with van der Waals surface area (Å²) < 4.78 is 0. The smallest absolute Gasteiger partial charge is 0.0354 e. The fourth-order valence-electron chi connectivity index (χ4n) is 4.20. The molecule has 3 rings (SSSR count). The fourth-order valence-corrected chi connectivity index (χ4v) is 4.20. The van der Waals surface area contributed by atoms with Gasteiger partial charge in [0.2, 0.25) is 0 Å². The van der Waals surface area contributed by atoms with Crippen molar-refractivity contribution in [2.24, 2.45) is 17.3 Å². The minimum atomic E-state index is 0.679. The third kappa shape index (κ3) is 32.3. The highest BCUT2D eigenvalue weighted by Gasteiger charge is 2.28. The van der Waals surface area contributed by atoms with Crippen molar-refractivity contribution in [3.05, 3.63) is 0 Å². The summed E-state index contributed by atoms with van der Waals surface area (Å²) in [6, 6.07) is 0. The largest absolute Gasteiger partial charge is 0.0683 e. The van der Waals surface area contributed by atoms with E-state index in [2.05, 4.69) is 13.8 Å². The van der Waals surface area contributed by atoms with E-state index in [9.17, 15) is 0 Å². The predicted octanol–water partition coefficient (Wildman–Crippen LogP) is 13.1. The van der Waals surface area contributed by atoms with Crippen molar-refractivity contribution in [2.75, 3.05) is 0 Å². The van der Waals surface area contributed by atoms with Crippen molar-refractivity contribution >= 4 is 0 Å². The van der Waals surface area contributed by atoms with Crippen LogP contribution < -0.4 is 0 Å². The van der Waals surface area contributed by atoms with E-state index in [0.29, 0.717) is 5.41 Å². The molecule has 3 aliphatic rings. The summed E-state index contributed by atoms with van der Waals surface area (Å²) in [5, 5.41) is 0. The molecule has 0 saturated heterocycles. The Morgan fingerprint density at radius 2 is 0.613 bits per heavy atom. The highest BCUT2D eigenvalue weighted by Crippen LogP contribution is 2.41. The zero-order chi connectivity index (χ0) is 26.1. The Kier molecular flexibility index (Phi) is 63.1. The van der Waals surface area contributed by atoms with Gasteiger partial charge in [-0.2, -0.15) is 0 Å². The zero-order valence-electron chi connectivity index (χ0n) is 26.1. The van der Waals surface area contributed by atoms with Crippen LogP contribution in [0.4, 0.5) is 0 Å². The van der Waals surface area contributed by atoms with E-state index >= 15 is 0 Å². The van der Waals surface area contributed by atoms with Crippen molar-refractivity contribution in [1.82, 2.24) is 0 Å². The average molecular weight is 447 g/mol. The molecule has 3 saturated carbocycles. The zero-order valence-corrected chi connectivity index (χ0v) is 26.1. The Morgan fingerprint density at radius 1 is 0.355 bits per heavy atom. The van der Waals surface area contributed by atoms with E-state index in [4.69, 9.17) is 0 Å². The van der Waals surface area contributed by atoms with Crippen LogP contribution in [0.25, 0.3) is 0 Å². The van der Waals surface area contributed by atoms with Gasteiger partial charge in [0.25, 0.3) is 0 Å². The van der Waals surface area contributed by atoms with Crippen molar-refractivity contribution < 1.29 is 0 Å². The molecule has 0 aromatic rings. The van der Waals surface area contributed by atoms with Crippen molar-refractivity contribution in [3.63, 3.8) is 0 Å². The molecule has 0 N–H and O–H groups in total. The lowest BCUT2D eigenvalue weighted by atomic mass is 9.78. The third-order valence-electron chi connectivity index (χ3n) is 5.42. The van der Waals surface area contributed by atoms with Gasteiger partial charge in [-0.25, -0.2) is 0 Å². The van der Waals surface area contributed by atoms with E-state index in [0.717, 1.165) is 0 Å². The van der Waals surface area contributed by atoms with Crippen LogP contribution in [0.3, 0.4) is 0 Å². The lowest BCUT2D eigenvalue weighted by Crippen LogP contribution is -2.14. The van der Waals surface area contributed by atoms with Gasteiger partial charge in [0.1, 0.15) is 0 Å². The van der Waals surface area contributed by atoms with Gasteiger partial charge in [-0.15, -0.1) is 0 Å². The summed E-state index contributed by atoms with van der Waals surface area (Å²) in [4.78, 5) is 0. The monoisotopic (exact) mass is 447 g/mol. The molecule has 0 aromatic carbocycles. The second-order valence-corrected chi connectivity index (χ2v) is 7.46. The summed E-state index contributed by atoms with van der Waals surface area (Å²) >= 11 is 0. The lowest BCUT2D eigenvalue weighted by molar-refractivity contribution is 0.244. The number of hydrogen-bond donors (Lipinski definition) is 0. The molecule has 2 atom stereocenters. The van der Waals surface area contributed by atoms with Gasteiger partial charge in [-0.3, -0.25) is 0 Å². The van der Waals surface area contributed by atoms with Crippen LogP contribution in [0.1, 0.15) is 188 Å². The first kappa shape index (κ1) is 44.6. The molecule has 3 aliphatic carbocycles. The SMILES string of the molecule is C1CCC2CCCC2C1.CC.CC.CC.CC.CC.CC.CC.CC1(C)CCCCC1. The molecule has 0 heteroatoms. The maximum Gasteiger partial charge on any atom is -0.0354 e. The fraction of sp³-hybridized carbons (Fsp3) is 1.00. The standard InChI is InChI=1S/C9H16.C8H16.7C2H6/c1-2-5-9-7-3-6-8(9)4-1;1-8(2)6-4-3-5-7-8;7*1-2/h8-9H,1-7H2;3-7H2,1-2H3;7*1-2H3. The molecule has 0 heterocycles. The van der Waals surface area contributed by atoms with E-state index in [-0.39, 0.29) is 0 Å². The quantitative estimate of drug-likeness (QED) is 0.347. The maximum atomic E-state index is 2.38. The molecule has 0 spiro atoms. The average Bonchev–Trinajstić information content (AvgIpc) is 3.37.